The van der Waals surface area contributed by atoms with Crippen LogP contribution in [0.3, 0.4) is 0 Å². The van der Waals surface area contributed by atoms with Crippen LogP contribution in [0.5, 0.6) is 0 Å². The maximum Gasteiger partial charge on any atom is 0.348 e. The first-order chi connectivity index (χ1) is 12.3. The molecule has 134 valence electrons. The summed E-state index contributed by atoms with van der Waals surface area (Å²) in [5.41, 5.74) is 3.97. The Morgan fingerprint density at radius 2 is 1.96 bits per heavy atom. The molecule has 0 aromatic heterocycles. The molecule has 0 spiro atoms. The molecule has 0 atom stereocenters. The van der Waals surface area contributed by atoms with Gasteiger partial charge >= 0.3 is 5.97 Å². The zero-order chi connectivity index (χ0) is 19.3. The predicted octanol–water partition coefficient (Wildman–Crippen LogP) is 5.98. The molecule has 0 saturated heterocycles. The third-order valence-electron chi connectivity index (χ3n) is 3.83. The monoisotopic (exact) mass is 405 g/mol. The van der Waals surface area contributed by atoms with E-state index >= 15 is 0 Å². The van der Waals surface area contributed by atoms with Crippen molar-refractivity contribution in [2.45, 2.75) is 24.5 Å². The van der Waals surface area contributed by atoms with Crippen molar-refractivity contribution in [3.05, 3.63) is 68.2 Å². The number of halogens is 2. The third-order valence-corrected chi connectivity index (χ3v) is 5.61. The minimum Gasteiger partial charge on any atom is -0.465 e. The Kier molecular flexibility index (Phi) is 7.16. The van der Waals surface area contributed by atoms with Gasteiger partial charge in [0.1, 0.15) is 11.6 Å². The van der Waals surface area contributed by atoms with E-state index < -0.39 is 5.97 Å². The summed E-state index contributed by atoms with van der Waals surface area (Å²) in [6.45, 7) is 3.97. The summed E-state index contributed by atoms with van der Waals surface area (Å²) in [4.78, 5) is 12.6. The zero-order valence-corrected chi connectivity index (χ0v) is 16.9. The molecule has 2 aromatic carbocycles. The number of rotatable bonds is 5. The fraction of sp³-hybridized carbons (Fsp3) is 0.200. The molecular formula is C20H17Cl2NO2S. The van der Waals surface area contributed by atoms with Crippen LogP contribution in [0.1, 0.15) is 22.3 Å². The van der Waals surface area contributed by atoms with Crippen molar-refractivity contribution in [1.82, 2.24) is 0 Å². The molecule has 0 saturated carbocycles. The molecule has 0 heterocycles. The predicted molar refractivity (Wildman–Crippen MR) is 108 cm³/mol. The van der Waals surface area contributed by atoms with Crippen LogP contribution in [0.15, 0.2) is 40.8 Å². The molecular weight excluding hydrogens is 389 g/mol. The Balaban J connectivity index is 2.33. The molecule has 3 nitrogen and oxygen atoms in total. The Morgan fingerprint density at radius 3 is 2.62 bits per heavy atom. The second-order valence-corrected chi connectivity index (χ2v) is 7.52. The van der Waals surface area contributed by atoms with Gasteiger partial charge in [0, 0.05) is 15.7 Å². The van der Waals surface area contributed by atoms with Gasteiger partial charge in [-0.3, -0.25) is 0 Å². The number of thioether (sulfide) groups is 1. The van der Waals surface area contributed by atoms with E-state index in [-0.39, 0.29) is 5.57 Å². The number of aryl methyl sites for hydroxylation is 2. The minimum absolute atomic E-state index is 0.0315. The van der Waals surface area contributed by atoms with Gasteiger partial charge in [0.2, 0.25) is 0 Å². The van der Waals surface area contributed by atoms with Gasteiger partial charge < -0.3 is 4.74 Å². The molecule has 0 unspecified atom stereocenters. The van der Waals surface area contributed by atoms with Crippen molar-refractivity contribution >= 4 is 47.0 Å². The fourth-order valence-electron chi connectivity index (χ4n) is 2.37. The van der Waals surface area contributed by atoms with Crippen molar-refractivity contribution in [3.63, 3.8) is 0 Å². The first kappa shape index (κ1) is 20.4. The molecule has 0 aliphatic rings. The van der Waals surface area contributed by atoms with E-state index in [0.29, 0.717) is 15.8 Å². The number of methoxy groups -OCH3 is 1. The summed E-state index contributed by atoms with van der Waals surface area (Å²) in [5, 5.41) is 10.5. The average molecular weight is 406 g/mol. The van der Waals surface area contributed by atoms with Crippen LogP contribution in [-0.4, -0.2) is 13.1 Å². The molecule has 2 rings (SSSR count). The van der Waals surface area contributed by atoms with E-state index in [1.807, 2.05) is 38.1 Å². The summed E-state index contributed by atoms with van der Waals surface area (Å²) in [5.74, 6) is 0.0433. The van der Waals surface area contributed by atoms with Crippen LogP contribution in [0.2, 0.25) is 10.0 Å². The van der Waals surface area contributed by atoms with Crippen LogP contribution in [0.25, 0.3) is 6.08 Å². The summed E-state index contributed by atoms with van der Waals surface area (Å²) >= 11 is 13.8. The minimum atomic E-state index is -0.644. The topological polar surface area (TPSA) is 50.1 Å². The van der Waals surface area contributed by atoms with Gasteiger partial charge in [-0.2, -0.15) is 5.26 Å². The highest BCUT2D eigenvalue weighted by molar-refractivity contribution is 7.98. The zero-order valence-electron chi connectivity index (χ0n) is 14.6. The van der Waals surface area contributed by atoms with Gasteiger partial charge in [0.25, 0.3) is 0 Å². The van der Waals surface area contributed by atoms with Crippen LogP contribution in [0.4, 0.5) is 0 Å². The summed E-state index contributed by atoms with van der Waals surface area (Å²) < 4.78 is 4.64. The Labute approximate surface area is 167 Å². The maximum absolute atomic E-state index is 11.6. The third kappa shape index (κ3) is 5.04. The maximum atomic E-state index is 11.6. The van der Waals surface area contributed by atoms with Crippen molar-refractivity contribution < 1.29 is 9.53 Å². The summed E-state index contributed by atoms with van der Waals surface area (Å²) in [6, 6.07) is 11.3. The van der Waals surface area contributed by atoms with Gasteiger partial charge in [-0.1, -0.05) is 35.3 Å². The highest BCUT2D eigenvalue weighted by Gasteiger charge is 2.11. The van der Waals surface area contributed by atoms with Gasteiger partial charge in [0.15, 0.2) is 0 Å². The van der Waals surface area contributed by atoms with Crippen molar-refractivity contribution in [2.24, 2.45) is 0 Å². The Hall–Kier alpha value is -1.93. The molecule has 0 N–H and O–H groups in total. The number of hydrogen-bond acceptors (Lipinski definition) is 4. The number of hydrogen-bond donors (Lipinski definition) is 0. The Morgan fingerprint density at radius 1 is 1.23 bits per heavy atom. The van der Waals surface area contributed by atoms with E-state index in [1.165, 1.54) is 7.11 Å². The van der Waals surface area contributed by atoms with E-state index in [0.717, 1.165) is 27.1 Å². The van der Waals surface area contributed by atoms with Crippen molar-refractivity contribution in [3.8, 4) is 6.07 Å². The first-order valence-electron chi connectivity index (χ1n) is 7.73. The molecule has 0 radical (unpaired) electrons. The first-order valence-corrected chi connectivity index (χ1v) is 9.48. The van der Waals surface area contributed by atoms with Crippen LogP contribution in [-0.2, 0) is 15.3 Å². The Bertz CT molecular complexity index is 917. The van der Waals surface area contributed by atoms with Crippen LogP contribution in [0, 0.1) is 25.2 Å². The smallest absolute Gasteiger partial charge is 0.348 e. The second kappa shape index (κ2) is 9.14. The van der Waals surface area contributed by atoms with Gasteiger partial charge in [-0.25, -0.2) is 4.79 Å². The lowest BCUT2D eigenvalue weighted by Crippen LogP contribution is -2.03. The van der Waals surface area contributed by atoms with E-state index in [4.69, 9.17) is 28.5 Å². The number of benzene rings is 2. The average Bonchev–Trinajstić information content (AvgIpc) is 2.62. The van der Waals surface area contributed by atoms with Crippen LogP contribution >= 0.6 is 35.0 Å². The normalized spacial score (nSPS) is 11.2. The number of nitriles is 1. The lowest BCUT2D eigenvalue weighted by Gasteiger charge is -2.11. The largest absolute Gasteiger partial charge is 0.465 e. The molecule has 2 aromatic rings. The van der Waals surface area contributed by atoms with E-state index in [9.17, 15) is 4.79 Å². The van der Waals surface area contributed by atoms with Gasteiger partial charge in [-0.15, -0.1) is 11.8 Å². The quantitative estimate of drug-likeness (QED) is 0.265. The van der Waals surface area contributed by atoms with Gasteiger partial charge in [-0.05, 0) is 60.4 Å². The SMILES string of the molecule is COC(=O)/C(C#N)=C/c1cc(CSc2cc(Cl)ccc2Cl)c(C)cc1C. The van der Waals surface area contributed by atoms with Crippen LogP contribution < -0.4 is 0 Å². The highest BCUT2D eigenvalue weighted by Crippen LogP contribution is 2.33. The number of carbonyl (C=O) groups is 1. The van der Waals surface area contributed by atoms with E-state index in [1.54, 1.807) is 30.0 Å². The standard InChI is InChI=1S/C20H17Cl2NO2S/c1-12-6-13(2)16(8-14(12)7-15(10-23)20(24)25-3)11-26-19-9-17(21)4-5-18(19)22/h4-9H,11H2,1-3H3/b15-7+. The summed E-state index contributed by atoms with van der Waals surface area (Å²) in [7, 11) is 1.26. The fourth-order valence-corrected chi connectivity index (χ4v) is 3.93. The molecule has 0 amide bonds. The number of carbonyl (C=O) groups excluding carboxylic acids is 1. The van der Waals surface area contributed by atoms with E-state index in [2.05, 4.69) is 4.74 Å². The molecule has 0 aliphatic heterocycles. The summed E-state index contributed by atoms with van der Waals surface area (Å²) in [6.07, 6.45) is 1.56. The molecule has 0 fully saturated rings. The number of ether oxygens (including phenoxy) is 1. The van der Waals surface area contributed by atoms with Crippen molar-refractivity contribution in [2.75, 3.05) is 7.11 Å². The second-order valence-electron chi connectivity index (χ2n) is 5.66. The molecule has 0 aliphatic carbocycles. The molecule has 0 bridgehead atoms. The molecule has 26 heavy (non-hydrogen) atoms. The lowest BCUT2D eigenvalue weighted by molar-refractivity contribution is -0.135. The lowest BCUT2D eigenvalue weighted by atomic mass is 9.99. The molecule has 6 heteroatoms. The van der Waals surface area contributed by atoms with Crippen molar-refractivity contribution in [1.29, 1.82) is 5.26 Å². The highest BCUT2D eigenvalue weighted by atomic mass is 35.5. The number of nitrogens with zero attached hydrogens (tertiary/aromatic N) is 1. The van der Waals surface area contributed by atoms with Gasteiger partial charge in [0.05, 0.1) is 12.1 Å². The number of esters is 1.